The molecule has 0 bridgehead atoms. The third kappa shape index (κ3) is 3.50. The maximum atomic E-state index is 13.1. The molecule has 4 nitrogen and oxygen atoms in total. The average Bonchev–Trinajstić information content (AvgIpc) is 2.80. The fraction of sp³-hybridized carbons (Fsp3) is 0.733. The molecule has 1 aliphatic heterocycles. The maximum Gasteiger partial charge on any atom is 0.244 e. The zero-order chi connectivity index (χ0) is 15.6. The lowest BCUT2D eigenvalue weighted by Crippen LogP contribution is -2.45. The van der Waals surface area contributed by atoms with Gasteiger partial charge in [0.05, 0.1) is 0 Å². The molecule has 2 atom stereocenters. The first kappa shape index (κ1) is 16.9. The summed E-state index contributed by atoms with van der Waals surface area (Å²) in [4.78, 5) is 1.47. The van der Waals surface area contributed by atoms with Crippen LogP contribution >= 0.6 is 11.3 Å². The van der Waals surface area contributed by atoms with E-state index in [0.717, 1.165) is 29.8 Å². The van der Waals surface area contributed by atoms with Gasteiger partial charge in [0.2, 0.25) is 10.0 Å². The maximum absolute atomic E-state index is 13.1. The molecular formula is C15H26N2O2S2. The van der Waals surface area contributed by atoms with E-state index >= 15 is 0 Å². The summed E-state index contributed by atoms with van der Waals surface area (Å²) >= 11 is 1.54. The molecule has 120 valence electrons. The van der Waals surface area contributed by atoms with Crippen LogP contribution in [0.3, 0.4) is 0 Å². The van der Waals surface area contributed by atoms with Crippen LogP contribution in [0.25, 0.3) is 0 Å². The summed E-state index contributed by atoms with van der Waals surface area (Å²) in [6.07, 6.45) is 2.06. The van der Waals surface area contributed by atoms with E-state index < -0.39 is 10.0 Å². The van der Waals surface area contributed by atoms with E-state index in [0.29, 0.717) is 23.9 Å². The van der Waals surface area contributed by atoms with E-state index in [9.17, 15) is 8.42 Å². The van der Waals surface area contributed by atoms with Gasteiger partial charge in [0.15, 0.2) is 0 Å². The van der Waals surface area contributed by atoms with Gasteiger partial charge in [-0.05, 0) is 50.1 Å². The van der Waals surface area contributed by atoms with Gasteiger partial charge in [-0.1, -0.05) is 13.8 Å². The Morgan fingerprint density at radius 1 is 1.38 bits per heavy atom. The highest BCUT2D eigenvalue weighted by molar-refractivity contribution is 7.89. The van der Waals surface area contributed by atoms with Gasteiger partial charge < -0.3 is 5.32 Å². The Kier molecular flexibility index (Phi) is 5.46. The second-order valence-corrected chi connectivity index (χ2v) is 8.85. The van der Waals surface area contributed by atoms with Crippen LogP contribution in [0, 0.1) is 12.8 Å². The van der Waals surface area contributed by atoms with Crippen molar-refractivity contribution in [3.63, 3.8) is 0 Å². The third-order valence-electron chi connectivity index (χ3n) is 4.15. The van der Waals surface area contributed by atoms with Crippen LogP contribution in [0.1, 0.15) is 44.1 Å². The van der Waals surface area contributed by atoms with Crippen molar-refractivity contribution in [3.05, 3.63) is 15.8 Å². The van der Waals surface area contributed by atoms with Crippen molar-refractivity contribution in [2.75, 3.05) is 13.1 Å². The second-order valence-electron chi connectivity index (χ2n) is 6.06. The predicted octanol–water partition coefficient (Wildman–Crippen LogP) is 2.98. The van der Waals surface area contributed by atoms with E-state index in [4.69, 9.17) is 0 Å². The highest BCUT2D eigenvalue weighted by Gasteiger charge is 2.36. The van der Waals surface area contributed by atoms with Crippen molar-refractivity contribution in [2.45, 2.75) is 58.0 Å². The Labute approximate surface area is 132 Å². The number of hydrogen-bond donors (Lipinski definition) is 1. The molecule has 1 saturated heterocycles. The smallest absolute Gasteiger partial charge is 0.244 e. The summed E-state index contributed by atoms with van der Waals surface area (Å²) in [5, 5.41) is 5.20. The van der Waals surface area contributed by atoms with Crippen LogP contribution < -0.4 is 5.32 Å². The summed E-state index contributed by atoms with van der Waals surface area (Å²) in [5.41, 5.74) is 0.873. The van der Waals surface area contributed by atoms with Crippen LogP contribution in [-0.2, 0) is 16.6 Å². The Hall–Kier alpha value is -0.430. The van der Waals surface area contributed by atoms with Gasteiger partial charge in [0, 0.05) is 24.0 Å². The topological polar surface area (TPSA) is 49.4 Å². The number of aryl methyl sites for hydroxylation is 1. The summed E-state index contributed by atoms with van der Waals surface area (Å²) in [5.74, 6) is 0.437. The summed E-state index contributed by atoms with van der Waals surface area (Å²) in [7, 11) is -3.39. The standard InChI is InChI=1S/C15H26N2O2S2/c1-5-16-8-14-15(12(3)10-20-14)21(18,19)17-9-11(2)6-7-13(17)4/h10-11,13,16H,5-9H2,1-4H3. The number of thiophene rings is 1. The first-order chi connectivity index (χ1) is 9.87. The quantitative estimate of drug-likeness (QED) is 0.903. The molecule has 0 spiro atoms. The Balaban J connectivity index is 2.36. The number of hydrogen-bond acceptors (Lipinski definition) is 4. The summed E-state index contributed by atoms with van der Waals surface area (Å²) in [6.45, 7) is 10.2. The van der Waals surface area contributed by atoms with E-state index in [1.165, 1.54) is 0 Å². The lowest BCUT2D eigenvalue weighted by atomic mass is 9.97. The SMILES string of the molecule is CCNCc1scc(C)c1S(=O)(=O)N1CC(C)CCC1C. The van der Waals surface area contributed by atoms with Crippen LogP contribution in [0.15, 0.2) is 10.3 Å². The van der Waals surface area contributed by atoms with Crippen molar-refractivity contribution in [1.82, 2.24) is 9.62 Å². The zero-order valence-electron chi connectivity index (χ0n) is 13.3. The average molecular weight is 331 g/mol. The first-order valence-electron chi connectivity index (χ1n) is 7.67. The molecule has 2 rings (SSSR count). The largest absolute Gasteiger partial charge is 0.312 e. The molecule has 1 N–H and O–H groups in total. The molecule has 21 heavy (non-hydrogen) atoms. The monoisotopic (exact) mass is 330 g/mol. The van der Waals surface area contributed by atoms with Gasteiger partial charge in [0.25, 0.3) is 0 Å². The second kappa shape index (κ2) is 6.77. The molecule has 0 amide bonds. The van der Waals surface area contributed by atoms with Crippen molar-refractivity contribution >= 4 is 21.4 Å². The Morgan fingerprint density at radius 2 is 2.10 bits per heavy atom. The molecule has 1 aromatic heterocycles. The molecule has 0 aromatic carbocycles. The van der Waals surface area contributed by atoms with E-state index in [1.54, 1.807) is 15.6 Å². The van der Waals surface area contributed by atoms with Gasteiger partial charge in [0.1, 0.15) is 4.90 Å². The molecule has 0 radical (unpaired) electrons. The zero-order valence-corrected chi connectivity index (χ0v) is 15.0. The van der Waals surface area contributed by atoms with Gasteiger partial charge in [-0.2, -0.15) is 4.31 Å². The first-order valence-corrected chi connectivity index (χ1v) is 9.99. The highest BCUT2D eigenvalue weighted by Crippen LogP contribution is 2.33. The van der Waals surface area contributed by atoms with Gasteiger partial charge in [-0.3, -0.25) is 0 Å². The number of nitrogens with one attached hydrogen (secondary N) is 1. The minimum Gasteiger partial charge on any atom is -0.312 e. The molecular weight excluding hydrogens is 304 g/mol. The molecule has 2 heterocycles. The number of piperidine rings is 1. The normalized spacial score (nSPS) is 24.4. The van der Waals surface area contributed by atoms with E-state index in [1.807, 2.05) is 26.2 Å². The van der Waals surface area contributed by atoms with Crippen LogP contribution in [0.2, 0.25) is 0 Å². The van der Waals surface area contributed by atoms with Gasteiger partial charge in [-0.25, -0.2) is 8.42 Å². The lowest BCUT2D eigenvalue weighted by molar-refractivity contribution is 0.218. The van der Waals surface area contributed by atoms with Gasteiger partial charge in [-0.15, -0.1) is 11.3 Å². The number of sulfonamides is 1. The van der Waals surface area contributed by atoms with E-state index in [-0.39, 0.29) is 6.04 Å². The van der Waals surface area contributed by atoms with Crippen LogP contribution in [0.5, 0.6) is 0 Å². The number of rotatable bonds is 5. The minimum absolute atomic E-state index is 0.0949. The molecule has 6 heteroatoms. The molecule has 2 unspecified atom stereocenters. The molecule has 1 aromatic rings. The van der Waals surface area contributed by atoms with Crippen LogP contribution in [-0.4, -0.2) is 31.9 Å². The summed E-state index contributed by atoms with van der Waals surface area (Å²) in [6, 6.07) is 0.0949. The van der Waals surface area contributed by atoms with E-state index in [2.05, 4.69) is 12.2 Å². The van der Waals surface area contributed by atoms with Crippen molar-refractivity contribution < 1.29 is 8.42 Å². The lowest BCUT2D eigenvalue weighted by Gasteiger charge is -2.35. The van der Waals surface area contributed by atoms with Crippen molar-refractivity contribution in [1.29, 1.82) is 0 Å². The summed E-state index contributed by atoms with van der Waals surface area (Å²) < 4.78 is 27.9. The van der Waals surface area contributed by atoms with Crippen molar-refractivity contribution in [2.24, 2.45) is 5.92 Å². The Bertz CT molecular complexity index is 580. The third-order valence-corrected chi connectivity index (χ3v) is 7.60. The van der Waals surface area contributed by atoms with Gasteiger partial charge >= 0.3 is 0 Å². The molecule has 0 aliphatic carbocycles. The molecule has 0 saturated carbocycles. The minimum atomic E-state index is -3.39. The fourth-order valence-electron chi connectivity index (χ4n) is 2.89. The van der Waals surface area contributed by atoms with Crippen molar-refractivity contribution in [3.8, 4) is 0 Å². The van der Waals surface area contributed by atoms with Crippen LogP contribution in [0.4, 0.5) is 0 Å². The molecule has 1 aliphatic rings. The fourth-order valence-corrected chi connectivity index (χ4v) is 6.41. The highest BCUT2D eigenvalue weighted by atomic mass is 32.2. The number of nitrogens with zero attached hydrogens (tertiary/aromatic N) is 1. The molecule has 1 fully saturated rings. The predicted molar refractivity (Wildman–Crippen MR) is 88.2 cm³/mol. The Morgan fingerprint density at radius 3 is 2.76 bits per heavy atom.